The highest BCUT2D eigenvalue weighted by Crippen LogP contribution is 2.16. The molecule has 0 saturated heterocycles. The first kappa shape index (κ1) is 11.6. The van der Waals surface area contributed by atoms with Crippen molar-refractivity contribution < 1.29 is 0 Å². The second-order valence-corrected chi connectivity index (χ2v) is 4.29. The van der Waals surface area contributed by atoms with Gasteiger partial charge in [0.25, 0.3) is 0 Å². The van der Waals surface area contributed by atoms with Crippen molar-refractivity contribution in [1.29, 1.82) is 0 Å². The molecule has 2 atom stereocenters. The first-order chi connectivity index (χ1) is 5.18. The van der Waals surface area contributed by atoms with Gasteiger partial charge in [-0.05, 0) is 13.3 Å². The largest absolute Gasteiger partial charge is 0.122 e. The Bertz CT molecular complexity index is 81.6. The Kier molecular flexibility index (Phi) is 7.62. The van der Waals surface area contributed by atoms with Crippen molar-refractivity contribution in [3.8, 4) is 0 Å². The van der Waals surface area contributed by atoms with Gasteiger partial charge in [-0.1, -0.05) is 32.6 Å². The molecule has 0 aromatic rings. The summed E-state index contributed by atoms with van der Waals surface area (Å²) in [5.74, 6) is 0. The third kappa shape index (κ3) is 6.96. The lowest BCUT2D eigenvalue weighted by molar-refractivity contribution is 0.609. The molecule has 0 aromatic carbocycles. The second-order valence-electron chi connectivity index (χ2n) is 3.04. The van der Waals surface area contributed by atoms with E-state index in [0.717, 1.165) is 6.42 Å². The van der Waals surface area contributed by atoms with Gasteiger partial charge in [0, 0.05) is 10.8 Å². The van der Waals surface area contributed by atoms with E-state index >= 15 is 0 Å². The third-order valence-corrected chi connectivity index (χ3v) is 2.86. The van der Waals surface area contributed by atoms with Gasteiger partial charge in [0.05, 0.1) is 0 Å². The first-order valence-electron chi connectivity index (χ1n) is 4.46. The van der Waals surface area contributed by atoms with Crippen LogP contribution < -0.4 is 0 Å². The normalized spacial score (nSPS) is 16.4. The molecule has 0 heterocycles. The van der Waals surface area contributed by atoms with Crippen LogP contribution in [0.15, 0.2) is 0 Å². The Morgan fingerprint density at radius 1 is 1.09 bits per heavy atom. The SMILES string of the molecule is CCCCCCC(Cl)C(C)Cl. The summed E-state index contributed by atoms with van der Waals surface area (Å²) in [5, 5.41) is 0.270. The number of hydrogen-bond donors (Lipinski definition) is 0. The molecule has 0 spiro atoms. The van der Waals surface area contributed by atoms with Crippen LogP contribution in [0.25, 0.3) is 0 Å². The number of rotatable bonds is 6. The van der Waals surface area contributed by atoms with Crippen molar-refractivity contribution in [3.63, 3.8) is 0 Å². The van der Waals surface area contributed by atoms with Gasteiger partial charge >= 0.3 is 0 Å². The van der Waals surface area contributed by atoms with Crippen LogP contribution in [0, 0.1) is 0 Å². The molecular formula is C9H18Cl2. The quantitative estimate of drug-likeness (QED) is 0.442. The van der Waals surface area contributed by atoms with Gasteiger partial charge in [0.1, 0.15) is 0 Å². The lowest BCUT2D eigenvalue weighted by atomic mass is 10.1. The van der Waals surface area contributed by atoms with E-state index < -0.39 is 0 Å². The summed E-state index contributed by atoms with van der Waals surface area (Å²) in [4.78, 5) is 0. The van der Waals surface area contributed by atoms with Gasteiger partial charge in [-0.2, -0.15) is 0 Å². The minimum Gasteiger partial charge on any atom is -0.122 e. The van der Waals surface area contributed by atoms with Gasteiger partial charge in [0.15, 0.2) is 0 Å². The molecule has 2 unspecified atom stereocenters. The van der Waals surface area contributed by atoms with E-state index in [1.807, 2.05) is 6.92 Å². The number of hydrogen-bond acceptors (Lipinski definition) is 0. The first-order valence-corrected chi connectivity index (χ1v) is 5.34. The zero-order chi connectivity index (χ0) is 8.69. The maximum Gasteiger partial charge on any atom is 0.0497 e. The highest BCUT2D eigenvalue weighted by molar-refractivity contribution is 6.29. The van der Waals surface area contributed by atoms with Gasteiger partial charge in [-0.25, -0.2) is 0 Å². The molecule has 0 aliphatic heterocycles. The van der Waals surface area contributed by atoms with Crippen LogP contribution in [0.1, 0.15) is 46.0 Å². The van der Waals surface area contributed by atoms with Crippen LogP contribution in [0.3, 0.4) is 0 Å². The molecule has 68 valence electrons. The highest BCUT2D eigenvalue weighted by atomic mass is 35.5. The fraction of sp³-hybridized carbons (Fsp3) is 1.00. The molecule has 0 aliphatic rings. The number of alkyl halides is 2. The van der Waals surface area contributed by atoms with Crippen LogP contribution in [0.4, 0.5) is 0 Å². The van der Waals surface area contributed by atoms with Crippen molar-refractivity contribution in [2.75, 3.05) is 0 Å². The Hall–Kier alpha value is 0.580. The predicted octanol–water partition coefficient (Wildman–Crippen LogP) is 4.19. The van der Waals surface area contributed by atoms with E-state index in [1.165, 1.54) is 25.7 Å². The lowest BCUT2D eigenvalue weighted by Gasteiger charge is -2.10. The Labute approximate surface area is 80.3 Å². The molecule has 0 rings (SSSR count). The van der Waals surface area contributed by atoms with Crippen molar-refractivity contribution >= 4 is 23.2 Å². The van der Waals surface area contributed by atoms with Crippen molar-refractivity contribution in [1.82, 2.24) is 0 Å². The molecule has 2 heteroatoms. The minimum absolute atomic E-state index is 0.110. The summed E-state index contributed by atoms with van der Waals surface area (Å²) >= 11 is 11.8. The van der Waals surface area contributed by atoms with Crippen LogP contribution in [0.2, 0.25) is 0 Å². The van der Waals surface area contributed by atoms with Crippen LogP contribution >= 0.6 is 23.2 Å². The average Bonchev–Trinajstić information content (AvgIpc) is 1.97. The monoisotopic (exact) mass is 196 g/mol. The van der Waals surface area contributed by atoms with Crippen molar-refractivity contribution in [2.45, 2.75) is 56.7 Å². The molecule has 0 N–H and O–H groups in total. The van der Waals surface area contributed by atoms with E-state index in [4.69, 9.17) is 23.2 Å². The van der Waals surface area contributed by atoms with E-state index in [0.29, 0.717) is 0 Å². The summed E-state index contributed by atoms with van der Waals surface area (Å²) < 4.78 is 0. The van der Waals surface area contributed by atoms with Gasteiger partial charge < -0.3 is 0 Å². The van der Waals surface area contributed by atoms with Crippen molar-refractivity contribution in [3.05, 3.63) is 0 Å². The summed E-state index contributed by atoms with van der Waals surface area (Å²) in [6, 6.07) is 0. The molecule has 0 nitrogen and oxygen atoms in total. The van der Waals surface area contributed by atoms with E-state index in [2.05, 4.69) is 6.92 Å². The Morgan fingerprint density at radius 3 is 2.18 bits per heavy atom. The van der Waals surface area contributed by atoms with E-state index in [1.54, 1.807) is 0 Å². The Balaban J connectivity index is 3.10. The molecule has 0 bridgehead atoms. The van der Waals surface area contributed by atoms with Crippen LogP contribution in [0.5, 0.6) is 0 Å². The molecule has 0 aliphatic carbocycles. The minimum atomic E-state index is 0.110. The van der Waals surface area contributed by atoms with Gasteiger partial charge in [-0.15, -0.1) is 23.2 Å². The molecule has 0 radical (unpaired) electrons. The fourth-order valence-electron chi connectivity index (χ4n) is 0.996. The second kappa shape index (κ2) is 7.24. The van der Waals surface area contributed by atoms with E-state index in [9.17, 15) is 0 Å². The molecule has 0 fully saturated rings. The Morgan fingerprint density at radius 2 is 1.73 bits per heavy atom. The number of halogens is 2. The maximum absolute atomic E-state index is 5.96. The fourth-order valence-corrected chi connectivity index (χ4v) is 1.28. The predicted molar refractivity (Wildman–Crippen MR) is 53.7 cm³/mol. The zero-order valence-electron chi connectivity index (χ0n) is 7.45. The molecular weight excluding hydrogens is 179 g/mol. The molecule has 0 aromatic heterocycles. The summed E-state index contributed by atoms with van der Waals surface area (Å²) in [7, 11) is 0. The van der Waals surface area contributed by atoms with Crippen LogP contribution in [-0.2, 0) is 0 Å². The summed E-state index contributed by atoms with van der Waals surface area (Å²) in [6.45, 7) is 4.17. The summed E-state index contributed by atoms with van der Waals surface area (Å²) in [6.07, 6.45) is 6.18. The maximum atomic E-state index is 5.96. The standard InChI is InChI=1S/C9H18Cl2/c1-3-4-5-6-7-9(11)8(2)10/h8-9H,3-7H2,1-2H3. The lowest BCUT2D eigenvalue weighted by Crippen LogP contribution is -2.10. The smallest absolute Gasteiger partial charge is 0.0497 e. The van der Waals surface area contributed by atoms with Gasteiger partial charge in [0.2, 0.25) is 0 Å². The molecule has 0 amide bonds. The summed E-state index contributed by atoms with van der Waals surface area (Å²) in [5.41, 5.74) is 0. The highest BCUT2D eigenvalue weighted by Gasteiger charge is 2.09. The molecule has 11 heavy (non-hydrogen) atoms. The zero-order valence-corrected chi connectivity index (χ0v) is 8.96. The topological polar surface area (TPSA) is 0 Å². The average molecular weight is 197 g/mol. The van der Waals surface area contributed by atoms with Crippen LogP contribution in [-0.4, -0.2) is 10.8 Å². The third-order valence-electron chi connectivity index (χ3n) is 1.83. The number of unbranched alkanes of at least 4 members (excludes halogenated alkanes) is 3. The van der Waals surface area contributed by atoms with Crippen molar-refractivity contribution in [2.24, 2.45) is 0 Å². The molecule has 0 saturated carbocycles. The van der Waals surface area contributed by atoms with E-state index in [-0.39, 0.29) is 10.8 Å². The van der Waals surface area contributed by atoms with Gasteiger partial charge in [-0.3, -0.25) is 0 Å².